The van der Waals surface area contributed by atoms with Gasteiger partial charge >= 0.3 is 10.8 Å². The first-order valence-corrected chi connectivity index (χ1v) is 7.75. The number of hydrogen-bond donors (Lipinski definition) is 0. The fourth-order valence-electron chi connectivity index (χ4n) is 2.30. The van der Waals surface area contributed by atoms with Crippen molar-refractivity contribution in [3.8, 4) is 0 Å². The van der Waals surface area contributed by atoms with Crippen LogP contribution in [-0.4, -0.2) is 10.5 Å². The first kappa shape index (κ1) is 14.5. The summed E-state index contributed by atoms with van der Waals surface area (Å²) < 4.78 is 7.60. The van der Waals surface area contributed by atoms with E-state index < -0.39 is 5.97 Å². The Morgan fingerprint density at radius 1 is 1.18 bits per heavy atom. The molecule has 0 atom stereocenters. The highest BCUT2D eigenvalue weighted by atomic mass is 32.1. The van der Waals surface area contributed by atoms with E-state index in [0.29, 0.717) is 0 Å². The van der Waals surface area contributed by atoms with E-state index in [0.717, 1.165) is 32.7 Å². The van der Waals surface area contributed by atoms with Gasteiger partial charge in [0.05, 0.1) is 10.2 Å². The molecule has 0 radical (unpaired) electrons. The maximum Gasteiger partial charge on any atom is 0.326 e. The van der Waals surface area contributed by atoms with Crippen molar-refractivity contribution in [2.24, 2.45) is 0 Å². The molecule has 0 N–H and O–H groups in total. The van der Waals surface area contributed by atoms with Gasteiger partial charge in [-0.2, -0.15) is 0 Å². The number of thiazole rings is 1. The van der Waals surface area contributed by atoms with Crippen LogP contribution in [0.3, 0.4) is 0 Å². The molecular weight excluding hydrogens is 298 g/mol. The minimum absolute atomic E-state index is 0.0609. The summed E-state index contributed by atoms with van der Waals surface area (Å²) in [5, 5.41) is 0. The van der Waals surface area contributed by atoms with Crippen molar-refractivity contribution in [2.75, 3.05) is 0 Å². The lowest BCUT2D eigenvalue weighted by Crippen LogP contribution is -2.20. The summed E-state index contributed by atoms with van der Waals surface area (Å²) in [6, 6.07) is 15.2. The Labute approximate surface area is 131 Å². The number of ether oxygens (including phenoxy) is 1. The molecular formula is C17H15NO3S. The number of hydrogen-bond acceptors (Lipinski definition) is 4. The molecule has 4 nitrogen and oxygen atoms in total. The second-order valence-corrected chi connectivity index (χ2v) is 6.06. The molecule has 0 saturated heterocycles. The zero-order valence-electron chi connectivity index (χ0n) is 12.1. The molecule has 0 spiro atoms. The summed E-state index contributed by atoms with van der Waals surface area (Å²) in [5.74, 6) is -0.410. The third-order valence-corrected chi connectivity index (χ3v) is 4.30. The molecule has 3 rings (SSSR count). The largest absolute Gasteiger partial charge is 0.459 e. The number of para-hydroxylation sites is 1. The second-order valence-electron chi connectivity index (χ2n) is 5.07. The molecule has 0 aliphatic heterocycles. The molecule has 1 heterocycles. The van der Waals surface area contributed by atoms with E-state index in [2.05, 4.69) is 0 Å². The molecule has 22 heavy (non-hydrogen) atoms. The average Bonchev–Trinajstić information content (AvgIpc) is 2.81. The fourth-order valence-corrected chi connectivity index (χ4v) is 3.19. The van der Waals surface area contributed by atoms with E-state index in [-0.39, 0.29) is 18.0 Å². The maximum absolute atomic E-state index is 12.0. The summed E-state index contributed by atoms with van der Waals surface area (Å²) in [6.45, 7) is 2.15. The van der Waals surface area contributed by atoms with Crippen molar-refractivity contribution in [1.29, 1.82) is 0 Å². The molecule has 0 amide bonds. The smallest absolute Gasteiger partial charge is 0.326 e. The molecule has 1 aromatic heterocycles. The van der Waals surface area contributed by atoms with Gasteiger partial charge in [-0.05, 0) is 24.6 Å². The summed E-state index contributed by atoms with van der Waals surface area (Å²) in [4.78, 5) is 23.8. The lowest BCUT2D eigenvalue weighted by atomic mass is 10.1. The van der Waals surface area contributed by atoms with Gasteiger partial charge in [0.2, 0.25) is 0 Å². The van der Waals surface area contributed by atoms with Crippen LogP contribution >= 0.6 is 11.3 Å². The van der Waals surface area contributed by atoms with Crippen LogP contribution in [0, 0.1) is 6.92 Å². The Bertz CT molecular complexity index is 879. The number of fused-ring (bicyclic) bond motifs is 1. The highest BCUT2D eigenvalue weighted by Gasteiger charge is 2.11. The molecule has 0 unspecified atom stereocenters. The van der Waals surface area contributed by atoms with Crippen LogP contribution in [0.1, 0.15) is 11.1 Å². The van der Waals surface area contributed by atoms with E-state index in [1.807, 2.05) is 55.5 Å². The van der Waals surface area contributed by atoms with Crippen molar-refractivity contribution in [1.82, 2.24) is 4.57 Å². The monoisotopic (exact) mass is 313 g/mol. The lowest BCUT2D eigenvalue weighted by molar-refractivity contribution is -0.145. The zero-order chi connectivity index (χ0) is 15.5. The first-order valence-electron chi connectivity index (χ1n) is 6.93. The van der Waals surface area contributed by atoms with Gasteiger partial charge in [0.1, 0.15) is 13.2 Å². The third kappa shape index (κ3) is 3.09. The van der Waals surface area contributed by atoms with Gasteiger partial charge in [-0.3, -0.25) is 14.2 Å². The van der Waals surface area contributed by atoms with Gasteiger partial charge in [-0.25, -0.2) is 0 Å². The van der Waals surface area contributed by atoms with Crippen LogP contribution in [0.2, 0.25) is 0 Å². The number of rotatable bonds is 4. The van der Waals surface area contributed by atoms with E-state index in [1.165, 1.54) is 4.57 Å². The minimum atomic E-state index is -0.410. The van der Waals surface area contributed by atoms with Crippen LogP contribution in [-0.2, 0) is 22.7 Å². The van der Waals surface area contributed by atoms with Gasteiger partial charge in [-0.1, -0.05) is 53.3 Å². The van der Waals surface area contributed by atoms with Crippen LogP contribution in [0.25, 0.3) is 10.2 Å². The minimum Gasteiger partial charge on any atom is -0.459 e. The Kier molecular flexibility index (Phi) is 4.06. The Balaban J connectivity index is 1.71. The van der Waals surface area contributed by atoms with E-state index in [1.54, 1.807) is 0 Å². The normalized spacial score (nSPS) is 10.8. The second kappa shape index (κ2) is 6.15. The Morgan fingerprint density at radius 3 is 2.82 bits per heavy atom. The molecule has 3 aromatic rings. The van der Waals surface area contributed by atoms with Crippen LogP contribution in [0.15, 0.2) is 53.3 Å². The number of carbonyl (C=O) groups is 1. The molecule has 0 aliphatic rings. The summed E-state index contributed by atoms with van der Waals surface area (Å²) in [5.41, 5.74) is 2.83. The van der Waals surface area contributed by atoms with Crippen molar-refractivity contribution < 1.29 is 9.53 Å². The Hall–Kier alpha value is -2.40. The molecule has 0 aliphatic carbocycles. The molecule has 0 saturated carbocycles. The molecule has 2 aromatic carbocycles. The SMILES string of the molecule is Cc1cccc(COC(=O)Cn2c(=O)sc3ccccc32)c1. The van der Waals surface area contributed by atoms with Crippen molar-refractivity contribution in [3.05, 3.63) is 69.3 Å². The van der Waals surface area contributed by atoms with E-state index in [9.17, 15) is 9.59 Å². The number of carbonyl (C=O) groups excluding carboxylic acids is 1. The van der Waals surface area contributed by atoms with Crippen LogP contribution in [0.5, 0.6) is 0 Å². The standard InChI is InChI=1S/C17H15NO3S/c1-12-5-4-6-13(9-12)11-21-16(19)10-18-14-7-2-3-8-15(14)22-17(18)20/h2-9H,10-11H2,1H3. The first-order chi connectivity index (χ1) is 10.6. The topological polar surface area (TPSA) is 48.3 Å². The third-order valence-electron chi connectivity index (χ3n) is 3.34. The quantitative estimate of drug-likeness (QED) is 0.695. The highest BCUT2D eigenvalue weighted by Crippen LogP contribution is 2.16. The van der Waals surface area contributed by atoms with Gasteiger partial charge in [0.25, 0.3) is 0 Å². The summed E-state index contributed by atoms with van der Waals surface area (Å²) >= 11 is 1.14. The predicted octanol–water partition coefficient (Wildman–Crippen LogP) is 3.11. The highest BCUT2D eigenvalue weighted by molar-refractivity contribution is 7.16. The Morgan fingerprint density at radius 2 is 2.00 bits per heavy atom. The van der Waals surface area contributed by atoms with Gasteiger partial charge < -0.3 is 4.74 Å². The van der Waals surface area contributed by atoms with Crippen molar-refractivity contribution >= 4 is 27.5 Å². The number of nitrogens with zero attached hydrogens (tertiary/aromatic N) is 1. The van der Waals surface area contributed by atoms with E-state index >= 15 is 0 Å². The maximum atomic E-state index is 12.0. The van der Waals surface area contributed by atoms with Crippen LogP contribution in [0.4, 0.5) is 0 Å². The van der Waals surface area contributed by atoms with Gasteiger partial charge in [-0.15, -0.1) is 0 Å². The number of aryl methyl sites for hydroxylation is 1. The number of aromatic nitrogens is 1. The van der Waals surface area contributed by atoms with Gasteiger partial charge in [0.15, 0.2) is 0 Å². The van der Waals surface area contributed by atoms with Crippen molar-refractivity contribution in [2.45, 2.75) is 20.1 Å². The predicted molar refractivity (Wildman–Crippen MR) is 87.1 cm³/mol. The summed E-state index contributed by atoms with van der Waals surface area (Å²) in [6.07, 6.45) is 0. The number of benzene rings is 2. The summed E-state index contributed by atoms with van der Waals surface area (Å²) in [7, 11) is 0. The molecule has 5 heteroatoms. The molecule has 0 bridgehead atoms. The fraction of sp³-hybridized carbons (Fsp3) is 0.176. The van der Waals surface area contributed by atoms with Gasteiger partial charge in [0, 0.05) is 0 Å². The number of esters is 1. The van der Waals surface area contributed by atoms with Crippen LogP contribution < -0.4 is 4.87 Å². The van der Waals surface area contributed by atoms with E-state index in [4.69, 9.17) is 4.74 Å². The lowest BCUT2D eigenvalue weighted by Gasteiger charge is -2.06. The molecule has 112 valence electrons. The average molecular weight is 313 g/mol. The van der Waals surface area contributed by atoms with Crippen molar-refractivity contribution in [3.63, 3.8) is 0 Å². The molecule has 0 fully saturated rings. The zero-order valence-corrected chi connectivity index (χ0v) is 12.9.